The topological polar surface area (TPSA) is 46.9 Å². The summed E-state index contributed by atoms with van der Waals surface area (Å²) in [5, 5.41) is 3.06. The molecule has 1 aromatic heterocycles. The van der Waals surface area contributed by atoms with Gasteiger partial charge < -0.3 is 9.88 Å². The van der Waals surface area contributed by atoms with E-state index in [1.54, 1.807) is 0 Å². The predicted octanol–water partition coefficient (Wildman–Crippen LogP) is 3.84. The van der Waals surface area contributed by atoms with Crippen molar-refractivity contribution in [2.24, 2.45) is 5.41 Å². The summed E-state index contributed by atoms with van der Waals surface area (Å²) in [6.45, 7) is 14.4. The molecule has 0 fully saturated rings. The van der Waals surface area contributed by atoms with Crippen molar-refractivity contribution in [3.8, 4) is 0 Å². The number of rotatable bonds is 4. The van der Waals surface area contributed by atoms with Gasteiger partial charge in [-0.25, -0.2) is 4.98 Å². The molecule has 0 saturated carbocycles. The molecule has 2 rings (SSSR count). The van der Waals surface area contributed by atoms with Crippen molar-refractivity contribution in [2.45, 2.75) is 47.2 Å². The lowest BCUT2D eigenvalue weighted by Crippen LogP contribution is -2.37. The van der Waals surface area contributed by atoms with E-state index in [1.807, 2.05) is 58.9 Å². The van der Waals surface area contributed by atoms with Crippen molar-refractivity contribution < 1.29 is 4.79 Å². The molecular weight excluding hydrogens is 274 g/mol. The zero-order chi connectivity index (χ0) is 16.5. The second-order valence-corrected chi connectivity index (χ2v) is 6.95. The number of hydrogen-bond acceptors (Lipinski definition) is 2. The summed E-state index contributed by atoms with van der Waals surface area (Å²) in [6.07, 6.45) is 0. The molecule has 1 amide bonds. The zero-order valence-electron chi connectivity index (χ0n) is 14.1. The second-order valence-electron chi connectivity index (χ2n) is 6.95. The first-order chi connectivity index (χ1) is 10.2. The third-order valence-electron chi connectivity index (χ3n) is 3.53. The molecule has 0 radical (unpaired) electrons. The number of amides is 1. The molecule has 22 heavy (non-hydrogen) atoms. The first kappa shape index (κ1) is 16.3. The molecule has 1 heterocycles. The number of benzene rings is 1. The quantitative estimate of drug-likeness (QED) is 0.872. The number of aromatic nitrogens is 2. The minimum atomic E-state index is -0.417. The highest BCUT2D eigenvalue weighted by atomic mass is 16.2. The summed E-state index contributed by atoms with van der Waals surface area (Å²) in [6, 6.07) is 7.86. The average Bonchev–Trinajstić information content (AvgIpc) is 2.76. The molecule has 0 spiro atoms. The molecule has 1 aromatic carbocycles. The standard InChI is InChI=1S/C18H25N3O/c1-12(2)11-21-15-10-8-7-9-14(15)20-16(21)13(3)19-17(22)18(4,5)6/h7-10,13H,1,11H2,2-6H3,(H,19,22)/t13-/m1/s1. The highest BCUT2D eigenvalue weighted by molar-refractivity contribution is 5.82. The van der Waals surface area contributed by atoms with Crippen LogP contribution in [-0.2, 0) is 11.3 Å². The monoisotopic (exact) mass is 299 g/mol. The largest absolute Gasteiger partial charge is 0.346 e. The number of fused-ring (bicyclic) bond motifs is 1. The zero-order valence-corrected chi connectivity index (χ0v) is 14.1. The van der Waals surface area contributed by atoms with Gasteiger partial charge in [-0.15, -0.1) is 0 Å². The Bertz CT molecular complexity index is 707. The minimum absolute atomic E-state index is 0.0222. The molecule has 118 valence electrons. The number of para-hydroxylation sites is 2. The van der Waals surface area contributed by atoms with Gasteiger partial charge in [-0.05, 0) is 26.0 Å². The van der Waals surface area contributed by atoms with E-state index in [2.05, 4.69) is 16.5 Å². The summed E-state index contributed by atoms with van der Waals surface area (Å²) in [5.41, 5.74) is 2.64. The van der Waals surface area contributed by atoms with Gasteiger partial charge in [0.1, 0.15) is 5.82 Å². The Labute approximate surface area is 132 Å². The number of imidazole rings is 1. The summed E-state index contributed by atoms with van der Waals surface area (Å²) in [5.74, 6) is 0.885. The summed E-state index contributed by atoms with van der Waals surface area (Å²) in [7, 11) is 0. The Morgan fingerprint density at radius 1 is 1.36 bits per heavy atom. The lowest BCUT2D eigenvalue weighted by molar-refractivity contribution is -0.129. The maximum absolute atomic E-state index is 12.2. The highest BCUT2D eigenvalue weighted by Crippen LogP contribution is 2.23. The number of allylic oxidation sites excluding steroid dienone is 1. The van der Waals surface area contributed by atoms with Gasteiger partial charge in [0.25, 0.3) is 0 Å². The SMILES string of the molecule is C=C(C)Cn1c([C@@H](C)NC(=O)C(C)(C)C)nc2ccccc21. The van der Waals surface area contributed by atoms with Crippen LogP contribution in [0.2, 0.25) is 0 Å². The molecule has 0 saturated heterocycles. The van der Waals surface area contributed by atoms with Crippen LogP contribution in [0.5, 0.6) is 0 Å². The number of hydrogen-bond donors (Lipinski definition) is 1. The molecule has 0 aliphatic carbocycles. The van der Waals surface area contributed by atoms with E-state index in [1.165, 1.54) is 0 Å². The van der Waals surface area contributed by atoms with Gasteiger partial charge in [-0.1, -0.05) is 45.1 Å². The number of nitrogens with one attached hydrogen (secondary N) is 1. The molecule has 0 unspecified atom stereocenters. The summed E-state index contributed by atoms with van der Waals surface area (Å²) >= 11 is 0. The van der Waals surface area contributed by atoms with Crippen molar-refractivity contribution in [1.29, 1.82) is 0 Å². The van der Waals surface area contributed by atoms with E-state index in [9.17, 15) is 4.79 Å². The van der Waals surface area contributed by atoms with Gasteiger partial charge >= 0.3 is 0 Å². The van der Waals surface area contributed by atoms with E-state index in [0.717, 1.165) is 22.4 Å². The van der Waals surface area contributed by atoms with Gasteiger partial charge in [-0.2, -0.15) is 0 Å². The third kappa shape index (κ3) is 3.38. The normalized spacial score (nSPS) is 13.1. The predicted molar refractivity (Wildman–Crippen MR) is 90.6 cm³/mol. The van der Waals surface area contributed by atoms with Crippen LogP contribution in [0, 0.1) is 5.41 Å². The number of carbonyl (C=O) groups excluding carboxylic acids is 1. The van der Waals surface area contributed by atoms with E-state index >= 15 is 0 Å². The first-order valence-electron chi connectivity index (χ1n) is 7.60. The molecule has 0 aliphatic heterocycles. The van der Waals surface area contributed by atoms with Crippen LogP contribution < -0.4 is 5.32 Å². The smallest absolute Gasteiger partial charge is 0.225 e. The van der Waals surface area contributed by atoms with Crippen LogP contribution in [0.25, 0.3) is 11.0 Å². The molecule has 1 N–H and O–H groups in total. The van der Waals surface area contributed by atoms with Crippen molar-refractivity contribution in [1.82, 2.24) is 14.9 Å². The maximum Gasteiger partial charge on any atom is 0.225 e. The second kappa shape index (κ2) is 5.95. The Kier molecular flexibility index (Phi) is 4.40. The van der Waals surface area contributed by atoms with Gasteiger partial charge in [0.15, 0.2) is 0 Å². The molecule has 0 aliphatic rings. The fraction of sp³-hybridized carbons (Fsp3) is 0.444. The Morgan fingerprint density at radius 2 is 2.00 bits per heavy atom. The fourth-order valence-electron chi connectivity index (χ4n) is 2.34. The average molecular weight is 299 g/mol. The maximum atomic E-state index is 12.2. The molecular formula is C18H25N3O. The fourth-order valence-corrected chi connectivity index (χ4v) is 2.34. The van der Waals surface area contributed by atoms with Crippen molar-refractivity contribution >= 4 is 16.9 Å². The highest BCUT2D eigenvalue weighted by Gasteiger charge is 2.25. The van der Waals surface area contributed by atoms with Crippen LogP contribution >= 0.6 is 0 Å². The van der Waals surface area contributed by atoms with Crippen molar-refractivity contribution in [2.75, 3.05) is 0 Å². The van der Waals surface area contributed by atoms with Crippen LogP contribution in [0.3, 0.4) is 0 Å². The molecule has 0 bridgehead atoms. The van der Waals surface area contributed by atoms with Gasteiger partial charge in [0.05, 0.1) is 17.1 Å². The number of nitrogens with zero attached hydrogens (tertiary/aromatic N) is 2. The lowest BCUT2D eigenvalue weighted by Gasteiger charge is -2.22. The van der Waals surface area contributed by atoms with Crippen LogP contribution in [0.15, 0.2) is 36.4 Å². The van der Waals surface area contributed by atoms with Crippen molar-refractivity contribution in [3.63, 3.8) is 0 Å². The Hall–Kier alpha value is -2.10. The third-order valence-corrected chi connectivity index (χ3v) is 3.53. The lowest BCUT2D eigenvalue weighted by atomic mass is 9.95. The van der Waals surface area contributed by atoms with Crippen LogP contribution in [0.4, 0.5) is 0 Å². The van der Waals surface area contributed by atoms with E-state index in [-0.39, 0.29) is 11.9 Å². The summed E-state index contributed by atoms with van der Waals surface area (Å²) < 4.78 is 2.13. The molecule has 4 heteroatoms. The Morgan fingerprint density at radius 3 is 2.59 bits per heavy atom. The number of carbonyl (C=O) groups is 1. The van der Waals surface area contributed by atoms with Gasteiger partial charge in [0.2, 0.25) is 5.91 Å². The molecule has 4 nitrogen and oxygen atoms in total. The minimum Gasteiger partial charge on any atom is -0.346 e. The molecule has 2 aromatic rings. The summed E-state index contributed by atoms with van der Waals surface area (Å²) in [4.78, 5) is 16.9. The molecule has 1 atom stereocenters. The van der Waals surface area contributed by atoms with Gasteiger partial charge in [-0.3, -0.25) is 4.79 Å². The first-order valence-corrected chi connectivity index (χ1v) is 7.60. The Balaban J connectivity index is 2.41. The van der Waals surface area contributed by atoms with E-state index in [4.69, 9.17) is 4.98 Å². The van der Waals surface area contributed by atoms with Crippen LogP contribution in [-0.4, -0.2) is 15.5 Å². The van der Waals surface area contributed by atoms with Gasteiger partial charge in [0, 0.05) is 12.0 Å². The van der Waals surface area contributed by atoms with E-state index < -0.39 is 5.41 Å². The van der Waals surface area contributed by atoms with Crippen LogP contribution in [0.1, 0.15) is 46.5 Å². The van der Waals surface area contributed by atoms with Crippen molar-refractivity contribution in [3.05, 3.63) is 42.2 Å². The van der Waals surface area contributed by atoms with E-state index in [0.29, 0.717) is 6.54 Å².